The van der Waals surface area contributed by atoms with E-state index in [1.54, 1.807) is 0 Å². The van der Waals surface area contributed by atoms with E-state index in [-0.39, 0.29) is 25.7 Å². The Morgan fingerprint density at radius 1 is 0.279 bits per heavy atom. The summed E-state index contributed by atoms with van der Waals surface area (Å²) in [6.45, 7) is 4.91. The smallest absolute Gasteiger partial charge is 0.462 e. The molecular weight excluding hydrogens is 1140 g/mol. The molecule has 2 unspecified atom stereocenters. The van der Waals surface area contributed by atoms with Crippen molar-refractivity contribution in [3.63, 3.8) is 0 Å². The number of hydrogen-bond acceptors (Lipinski definition) is 15. The van der Waals surface area contributed by atoms with Crippen molar-refractivity contribution in [2.75, 3.05) is 39.6 Å². The van der Waals surface area contributed by atoms with Gasteiger partial charge in [-0.25, -0.2) is 9.13 Å². The van der Waals surface area contributed by atoms with Crippen LogP contribution in [0.25, 0.3) is 0 Å². The second kappa shape index (κ2) is 61.9. The zero-order chi connectivity index (χ0) is 63.3. The Labute approximate surface area is 524 Å². The van der Waals surface area contributed by atoms with Crippen molar-refractivity contribution < 1.29 is 80.2 Å². The summed E-state index contributed by atoms with van der Waals surface area (Å²) in [5.74, 6) is -2.12. The summed E-state index contributed by atoms with van der Waals surface area (Å²) in [6, 6.07) is 0. The largest absolute Gasteiger partial charge is 0.472 e. The third-order valence-electron chi connectivity index (χ3n) is 15.6. The molecule has 0 aromatic rings. The number of aliphatic hydroxyl groups is 1. The maximum absolute atomic E-state index is 13.0. The van der Waals surface area contributed by atoms with Gasteiger partial charge < -0.3 is 33.8 Å². The number of rotatable bonds is 68. The van der Waals surface area contributed by atoms with Crippen LogP contribution in [-0.2, 0) is 65.4 Å². The third-order valence-corrected chi connectivity index (χ3v) is 17.5. The van der Waals surface area contributed by atoms with Crippen molar-refractivity contribution in [2.24, 2.45) is 0 Å². The van der Waals surface area contributed by atoms with Gasteiger partial charge in [-0.15, -0.1) is 0 Å². The summed E-state index contributed by atoms with van der Waals surface area (Å²) < 4.78 is 68.1. The van der Waals surface area contributed by atoms with E-state index < -0.39 is 97.5 Å². The zero-order valence-electron chi connectivity index (χ0n) is 55.3. The number of phosphoric ester groups is 2. The van der Waals surface area contributed by atoms with Crippen molar-refractivity contribution >= 4 is 39.5 Å². The molecule has 0 aliphatic heterocycles. The highest BCUT2D eigenvalue weighted by Gasteiger charge is 2.30. The molecule has 0 spiro atoms. The molecule has 0 aromatic carbocycles. The van der Waals surface area contributed by atoms with Crippen molar-refractivity contribution in [3.05, 3.63) is 0 Å². The van der Waals surface area contributed by atoms with Gasteiger partial charge in [0.25, 0.3) is 0 Å². The Morgan fingerprint density at radius 3 is 0.686 bits per heavy atom. The second-order valence-corrected chi connectivity index (χ2v) is 27.1. The highest BCUT2D eigenvalue weighted by Crippen LogP contribution is 2.45. The van der Waals surface area contributed by atoms with Gasteiger partial charge in [-0.1, -0.05) is 297 Å². The molecule has 0 amide bonds. The van der Waals surface area contributed by atoms with Gasteiger partial charge >= 0.3 is 39.5 Å². The quantitative estimate of drug-likeness (QED) is 0.0222. The molecule has 0 bridgehead atoms. The second-order valence-electron chi connectivity index (χ2n) is 24.2. The molecule has 3 N–H and O–H groups in total. The zero-order valence-corrected chi connectivity index (χ0v) is 57.1. The van der Waals surface area contributed by atoms with E-state index in [1.807, 2.05) is 0 Å². The van der Waals surface area contributed by atoms with Crippen LogP contribution in [0.15, 0.2) is 0 Å². The average Bonchev–Trinajstić information content (AvgIpc) is 3.56. The summed E-state index contributed by atoms with van der Waals surface area (Å²) >= 11 is 0. The third kappa shape index (κ3) is 60.9. The molecule has 510 valence electrons. The topological polar surface area (TPSA) is 237 Å². The number of hydrogen-bond donors (Lipinski definition) is 3. The number of carbonyl (C=O) groups excluding carboxylic acids is 4. The lowest BCUT2D eigenvalue weighted by Crippen LogP contribution is -2.30. The number of phosphoric acid groups is 2. The molecule has 19 heteroatoms. The molecular formula is C67H130O17P2. The SMILES string of the molecule is CCCCCCCCCCCCCCCC(=O)OC[C@H](COP(=O)(O)OC[C@@H](O)COP(=O)(O)OC[C@@H](COC(=O)CCCCCCCCCCC)OC(=O)CCCCCCCCCCCCC)OC(=O)CCCCCCCCCCCCCCC. The summed E-state index contributed by atoms with van der Waals surface area (Å²) in [6.07, 6.45) is 48.4. The Kier molecular flexibility index (Phi) is 60.5. The molecule has 86 heavy (non-hydrogen) atoms. The molecule has 0 fully saturated rings. The maximum Gasteiger partial charge on any atom is 0.472 e. The summed E-state index contributed by atoms with van der Waals surface area (Å²) in [4.78, 5) is 72.3. The maximum atomic E-state index is 13.0. The number of aliphatic hydroxyl groups excluding tert-OH is 1. The molecule has 0 radical (unpaired) electrons. The monoisotopic (exact) mass is 1270 g/mol. The standard InChI is InChI=1S/C67H130O17P2/c1-5-9-13-17-21-25-28-30-33-36-40-44-48-52-65(70)78-58-63(84-67(72)54-50-46-42-38-34-31-29-26-22-18-14-10-6-2)60-82-86(75,76)80-56-61(68)55-79-85(73,74)81-59-62(57-77-64(69)51-47-43-39-35-24-20-16-12-8-4)83-66(71)53-49-45-41-37-32-27-23-19-15-11-7-3/h61-63,68H,5-60H2,1-4H3,(H,73,74)(H,75,76)/t61-,62+,63+/m0/s1. The Balaban J connectivity index is 5.23. The van der Waals surface area contributed by atoms with Gasteiger partial charge in [0.2, 0.25) is 0 Å². The summed E-state index contributed by atoms with van der Waals surface area (Å²) in [7, 11) is -9.89. The molecule has 0 heterocycles. The Bertz CT molecular complexity index is 1650. The van der Waals surface area contributed by atoms with E-state index in [4.69, 9.17) is 37.0 Å². The summed E-state index contributed by atoms with van der Waals surface area (Å²) in [5.41, 5.74) is 0. The lowest BCUT2D eigenvalue weighted by atomic mass is 10.0. The number of carbonyl (C=O) groups is 4. The lowest BCUT2D eigenvalue weighted by molar-refractivity contribution is -0.161. The molecule has 0 rings (SSSR count). The fourth-order valence-corrected chi connectivity index (χ4v) is 11.7. The van der Waals surface area contributed by atoms with Gasteiger partial charge in [-0.3, -0.25) is 37.3 Å². The van der Waals surface area contributed by atoms with E-state index in [0.29, 0.717) is 25.7 Å². The number of unbranched alkanes of at least 4 members (excludes halogenated alkanes) is 42. The minimum absolute atomic E-state index is 0.107. The Morgan fingerprint density at radius 2 is 0.465 bits per heavy atom. The van der Waals surface area contributed by atoms with E-state index in [0.717, 1.165) is 89.9 Å². The van der Waals surface area contributed by atoms with Crippen LogP contribution in [0.2, 0.25) is 0 Å². The van der Waals surface area contributed by atoms with Gasteiger partial charge in [0, 0.05) is 25.7 Å². The highest BCUT2D eigenvalue weighted by atomic mass is 31.2. The van der Waals surface area contributed by atoms with Crippen LogP contribution in [-0.4, -0.2) is 96.7 Å². The van der Waals surface area contributed by atoms with Gasteiger partial charge in [0.15, 0.2) is 12.2 Å². The van der Waals surface area contributed by atoms with Gasteiger partial charge in [-0.2, -0.15) is 0 Å². The normalized spacial score (nSPS) is 14.1. The molecule has 17 nitrogen and oxygen atoms in total. The van der Waals surface area contributed by atoms with Crippen LogP contribution in [0, 0.1) is 0 Å². The molecule has 0 aliphatic carbocycles. The average molecular weight is 1270 g/mol. The predicted octanol–water partition coefficient (Wildman–Crippen LogP) is 19.1. The van der Waals surface area contributed by atoms with E-state index in [9.17, 15) is 43.2 Å². The molecule has 0 aromatic heterocycles. The lowest BCUT2D eigenvalue weighted by Gasteiger charge is -2.21. The van der Waals surface area contributed by atoms with Crippen molar-refractivity contribution in [3.8, 4) is 0 Å². The van der Waals surface area contributed by atoms with Crippen molar-refractivity contribution in [2.45, 2.75) is 367 Å². The van der Waals surface area contributed by atoms with Crippen LogP contribution in [0.5, 0.6) is 0 Å². The van der Waals surface area contributed by atoms with Gasteiger partial charge in [0.05, 0.1) is 26.4 Å². The van der Waals surface area contributed by atoms with E-state index in [1.165, 1.54) is 180 Å². The first-order chi connectivity index (χ1) is 41.7. The predicted molar refractivity (Wildman–Crippen MR) is 345 cm³/mol. The van der Waals surface area contributed by atoms with Crippen LogP contribution in [0.1, 0.15) is 349 Å². The van der Waals surface area contributed by atoms with Crippen molar-refractivity contribution in [1.29, 1.82) is 0 Å². The minimum atomic E-state index is -4.95. The molecule has 5 atom stereocenters. The molecule has 0 saturated heterocycles. The van der Waals surface area contributed by atoms with Gasteiger partial charge in [-0.05, 0) is 25.7 Å². The number of esters is 4. The fraction of sp³-hybridized carbons (Fsp3) is 0.940. The first-order valence-corrected chi connectivity index (χ1v) is 38.3. The van der Waals surface area contributed by atoms with E-state index in [2.05, 4.69) is 27.7 Å². The first kappa shape index (κ1) is 84.1. The number of ether oxygens (including phenoxy) is 4. The minimum Gasteiger partial charge on any atom is -0.462 e. The van der Waals surface area contributed by atoms with Crippen molar-refractivity contribution in [1.82, 2.24) is 0 Å². The van der Waals surface area contributed by atoms with Crippen LogP contribution in [0.4, 0.5) is 0 Å². The van der Waals surface area contributed by atoms with Gasteiger partial charge in [0.1, 0.15) is 19.3 Å². The van der Waals surface area contributed by atoms with Crippen LogP contribution >= 0.6 is 15.6 Å². The van der Waals surface area contributed by atoms with Crippen LogP contribution < -0.4 is 0 Å². The Hall–Kier alpha value is -1.94. The highest BCUT2D eigenvalue weighted by molar-refractivity contribution is 7.47. The molecule has 0 saturated carbocycles. The fourth-order valence-electron chi connectivity index (χ4n) is 10.2. The summed E-state index contributed by atoms with van der Waals surface area (Å²) in [5, 5.41) is 10.6. The van der Waals surface area contributed by atoms with Crippen LogP contribution in [0.3, 0.4) is 0 Å². The van der Waals surface area contributed by atoms with E-state index >= 15 is 0 Å². The molecule has 0 aliphatic rings. The first-order valence-electron chi connectivity index (χ1n) is 35.3.